The molecule has 3 aromatic carbocycles. The molecule has 142 valence electrons. The number of hydrogen-bond donors (Lipinski definition) is 1. The highest BCUT2D eigenvalue weighted by Crippen LogP contribution is 2.26. The van der Waals surface area contributed by atoms with E-state index in [1.807, 2.05) is 67.6 Å². The number of halogens is 2. The van der Waals surface area contributed by atoms with E-state index in [-0.39, 0.29) is 5.91 Å². The molecule has 0 aliphatic carbocycles. The first-order chi connectivity index (χ1) is 13.5. The minimum atomic E-state index is -0.233. The van der Waals surface area contributed by atoms with Crippen LogP contribution in [0.3, 0.4) is 0 Å². The van der Waals surface area contributed by atoms with Crippen LogP contribution in [0.4, 0.5) is 0 Å². The molecule has 0 saturated heterocycles. The Morgan fingerprint density at radius 1 is 1.07 bits per heavy atom. The third-order valence-electron chi connectivity index (χ3n) is 4.03. The molecule has 0 spiro atoms. The molecule has 6 heteroatoms. The van der Waals surface area contributed by atoms with Crippen LogP contribution in [0.1, 0.15) is 27.0 Å². The van der Waals surface area contributed by atoms with Gasteiger partial charge < -0.3 is 4.74 Å². The molecule has 0 atom stereocenters. The van der Waals surface area contributed by atoms with Crippen LogP contribution < -0.4 is 10.2 Å². The molecule has 1 N–H and O–H groups in total. The van der Waals surface area contributed by atoms with Crippen molar-refractivity contribution < 1.29 is 9.53 Å². The van der Waals surface area contributed by atoms with Crippen LogP contribution in [0, 0.1) is 6.92 Å². The van der Waals surface area contributed by atoms with Crippen molar-refractivity contribution in [3.8, 4) is 5.75 Å². The lowest BCUT2D eigenvalue weighted by Gasteiger charge is -2.09. The van der Waals surface area contributed by atoms with Gasteiger partial charge in [-0.25, -0.2) is 5.43 Å². The van der Waals surface area contributed by atoms with E-state index < -0.39 is 0 Å². The summed E-state index contributed by atoms with van der Waals surface area (Å²) >= 11 is 6.94. The van der Waals surface area contributed by atoms with Crippen LogP contribution in [0.2, 0.25) is 0 Å². The number of amides is 1. The molecular weight excluding hydrogens is 484 g/mol. The van der Waals surface area contributed by atoms with Crippen molar-refractivity contribution in [3.63, 3.8) is 0 Å². The van der Waals surface area contributed by atoms with Crippen molar-refractivity contribution >= 4 is 44.0 Å². The molecule has 0 fully saturated rings. The predicted molar refractivity (Wildman–Crippen MR) is 119 cm³/mol. The van der Waals surface area contributed by atoms with E-state index >= 15 is 0 Å². The van der Waals surface area contributed by atoms with E-state index in [4.69, 9.17) is 4.74 Å². The summed E-state index contributed by atoms with van der Waals surface area (Å²) in [5, 5.41) is 4.04. The lowest BCUT2D eigenvalue weighted by Crippen LogP contribution is -2.18. The van der Waals surface area contributed by atoms with Crippen molar-refractivity contribution in [1.29, 1.82) is 0 Å². The molecule has 0 saturated carbocycles. The van der Waals surface area contributed by atoms with Gasteiger partial charge in [-0.2, -0.15) is 5.10 Å². The average Bonchev–Trinajstić information content (AvgIpc) is 2.69. The summed E-state index contributed by atoms with van der Waals surface area (Å²) in [6, 6.07) is 21.0. The number of carbonyl (C=O) groups excluding carboxylic acids is 1. The topological polar surface area (TPSA) is 50.7 Å². The molecule has 0 heterocycles. The SMILES string of the molecule is Cc1ccccc1C(=O)N/N=C\c1ccc(OCc2ccc(Br)cc2)c(Br)c1. The molecule has 4 nitrogen and oxygen atoms in total. The normalized spacial score (nSPS) is 10.8. The van der Waals surface area contributed by atoms with Crippen molar-refractivity contribution in [2.45, 2.75) is 13.5 Å². The summed E-state index contributed by atoms with van der Waals surface area (Å²) in [6.45, 7) is 2.37. The highest BCUT2D eigenvalue weighted by Gasteiger charge is 2.07. The highest BCUT2D eigenvalue weighted by molar-refractivity contribution is 9.10. The lowest BCUT2D eigenvalue weighted by molar-refractivity contribution is 0.0954. The first-order valence-corrected chi connectivity index (χ1v) is 10.2. The first-order valence-electron chi connectivity index (χ1n) is 8.59. The Balaban J connectivity index is 1.59. The number of hydrogen-bond acceptors (Lipinski definition) is 3. The Morgan fingerprint density at radius 3 is 2.54 bits per heavy atom. The van der Waals surface area contributed by atoms with Gasteiger partial charge in [0.15, 0.2) is 0 Å². The fourth-order valence-electron chi connectivity index (χ4n) is 2.51. The molecule has 0 radical (unpaired) electrons. The van der Waals surface area contributed by atoms with Crippen LogP contribution in [0.5, 0.6) is 5.75 Å². The summed E-state index contributed by atoms with van der Waals surface area (Å²) in [5.41, 5.74) is 5.99. The van der Waals surface area contributed by atoms with Crippen LogP contribution in [-0.2, 0) is 6.61 Å². The number of ether oxygens (including phenoxy) is 1. The Bertz CT molecular complexity index is 1000. The second-order valence-corrected chi connectivity index (χ2v) is 7.89. The van der Waals surface area contributed by atoms with Gasteiger partial charge in [0.25, 0.3) is 5.91 Å². The summed E-state index contributed by atoms with van der Waals surface area (Å²) in [5.74, 6) is 0.506. The Kier molecular flexibility index (Phi) is 7.01. The number of nitrogens with one attached hydrogen (secondary N) is 1. The van der Waals surface area contributed by atoms with Gasteiger partial charge in [-0.1, -0.05) is 46.3 Å². The molecule has 0 bridgehead atoms. The summed E-state index contributed by atoms with van der Waals surface area (Å²) in [7, 11) is 0. The van der Waals surface area contributed by atoms with Crippen LogP contribution in [-0.4, -0.2) is 12.1 Å². The van der Waals surface area contributed by atoms with Crippen molar-refractivity contribution in [1.82, 2.24) is 5.43 Å². The zero-order valence-electron chi connectivity index (χ0n) is 15.2. The number of rotatable bonds is 6. The quantitative estimate of drug-likeness (QED) is 0.339. The lowest BCUT2D eigenvalue weighted by atomic mass is 10.1. The Morgan fingerprint density at radius 2 is 1.82 bits per heavy atom. The molecular formula is C22H18Br2N2O2. The van der Waals surface area contributed by atoms with E-state index in [0.717, 1.165) is 31.4 Å². The smallest absolute Gasteiger partial charge is 0.271 e. The number of nitrogens with zero attached hydrogens (tertiary/aromatic N) is 1. The van der Waals surface area contributed by atoms with Gasteiger partial charge in [0.1, 0.15) is 12.4 Å². The molecule has 3 aromatic rings. The number of carbonyl (C=O) groups is 1. The fourth-order valence-corrected chi connectivity index (χ4v) is 3.28. The van der Waals surface area contributed by atoms with E-state index in [9.17, 15) is 4.79 Å². The zero-order chi connectivity index (χ0) is 19.9. The molecule has 3 rings (SSSR count). The summed E-state index contributed by atoms with van der Waals surface area (Å²) in [4.78, 5) is 12.2. The highest BCUT2D eigenvalue weighted by atomic mass is 79.9. The van der Waals surface area contributed by atoms with Crippen LogP contribution >= 0.6 is 31.9 Å². The predicted octanol–water partition coefficient (Wildman–Crippen LogP) is 5.86. The molecule has 0 aromatic heterocycles. The number of benzene rings is 3. The monoisotopic (exact) mass is 500 g/mol. The first kappa shape index (κ1) is 20.3. The number of hydrazone groups is 1. The minimum absolute atomic E-state index is 0.233. The molecule has 0 aliphatic rings. The summed E-state index contributed by atoms with van der Waals surface area (Å²) in [6.07, 6.45) is 1.60. The standard InChI is InChI=1S/C22H18Br2N2O2/c1-15-4-2-3-5-19(15)22(27)26-25-13-17-8-11-21(20(24)12-17)28-14-16-6-9-18(23)10-7-16/h2-13H,14H2,1H3,(H,26,27)/b25-13-. The Hall–Kier alpha value is -2.44. The van der Waals surface area contributed by atoms with Gasteiger partial charge in [0.05, 0.1) is 10.7 Å². The molecule has 1 amide bonds. The fraction of sp³-hybridized carbons (Fsp3) is 0.0909. The molecule has 0 aliphatic heterocycles. The van der Waals surface area contributed by atoms with E-state index in [0.29, 0.717) is 12.2 Å². The minimum Gasteiger partial charge on any atom is -0.488 e. The molecule has 28 heavy (non-hydrogen) atoms. The third kappa shape index (κ3) is 5.53. The van der Waals surface area contributed by atoms with E-state index in [1.165, 1.54) is 0 Å². The second kappa shape index (κ2) is 9.66. The second-order valence-electron chi connectivity index (χ2n) is 6.12. The Labute approximate surface area is 180 Å². The van der Waals surface area contributed by atoms with Crippen LogP contribution in [0.25, 0.3) is 0 Å². The van der Waals surface area contributed by atoms with Gasteiger partial charge in [-0.3, -0.25) is 4.79 Å². The molecule has 0 unspecified atom stereocenters. The third-order valence-corrected chi connectivity index (χ3v) is 5.18. The number of aryl methyl sites for hydroxylation is 1. The zero-order valence-corrected chi connectivity index (χ0v) is 18.3. The van der Waals surface area contributed by atoms with Gasteiger partial charge in [-0.15, -0.1) is 0 Å². The van der Waals surface area contributed by atoms with Gasteiger partial charge in [0.2, 0.25) is 0 Å². The largest absolute Gasteiger partial charge is 0.488 e. The van der Waals surface area contributed by atoms with E-state index in [1.54, 1.807) is 12.3 Å². The maximum Gasteiger partial charge on any atom is 0.271 e. The average molecular weight is 502 g/mol. The van der Waals surface area contributed by atoms with Gasteiger partial charge in [-0.05, 0) is 75.9 Å². The summed E-state index contributed by atoms with van der Waals surface area (Å²) < 4.78 is 7.71. The van der Waals surface area contributed by atoms with Gasteiger partial charge >= 0.3 is 0 Å². The van der Waals surface area contributed by atoms with Gasteiger partial charge in [0, 0.05) is 10.0 Å². The van der Waals surface area contributed by atoms with Crippen molar-refractivity contribution in [2.24, 2.45) is 5.10 Å². The maximum absolute atomic E-state index is 12.2. The van der Waals surface area contributed by atoms with E-state index in [2.05, 4.69) is 42.4 Å². The van der Waals surface area contributed by atoms with Crippen LogP contribution in [0.15, 0.2) is 80.8 Å². The van der Waals surface area contributed by atoms with Crippen molar-refractivity contribution in [2.75, 3.05) is 0 Å². The maximum atomic E-state index is 12.2. The van der Waals surface area contributed by atoms with Crippen molar-refractivity contribution in [3.05, 3.63) is 97.9 Å².